The molecule has 0 atom stereocenters. The molecular weight excluding hydrogens is 377 g/mol. The van der Waals surface area contributed by atoms with Gasteiger partial charge in [0.2, 0.25) is 0 Å². The second-order valence-corrected chi connectivity index (χ2v) is 5.91. The van der Waals surface area contributed by atoms with Gasteiger partial charge in [-0.3, -0.25) is 0 Å². The zero-order chi connectivity index (χ0) is 15.2. The van der Waals surface area contributed by atoms with Crippen molar-refractivity contribution in [2.24, 2.45) is 5.73 Å². The molecule has 0 aliphatic rings. The Balaban J connectivity index is 1.86. The molecule has 6 heteroatoms. The Kier molecular flexibility index (Phi) is 6.18. The van der Waals surface area contributed by atoms with Crippen LogP contribution in [-0.4, -0.2) is 13.2 Å². The maximum absolute atomic E-state index is 6.07. The molecule has 0 amide bonds. The minimum absolute atomic E-state index is 0.366. The van der Waals surface area contributed by atoms with Gasteiger partial charge in [-0.1, -0.05) is 35.3 Å². The molecule has 21 heavy (non-hydrogen) atoms. The molecule has 0 aromatic heterocycles. The summed E-state index contributed by atoms with van der Waals surface area (Å²) in [5.41, 5.74) is 6.61. The zero-order valence-electron chi connectivity index (χ0n) is 11.1. The van der Waals surface area contributed by atoms with Crippen molar-refractivity contribution < 1.29 is 9.47 Å². The van der Waals surface area contributed by atoms with E-state index in [2.05, 4.69) is 15.9 Å². The molecule has 0 unspecified atom stereocenters. The summed E-state index contributed by atoms with van der Waals surface area (Å²) in [6.45, 7) is 1.25. The lowest BCUT2D eigenvalue weighted by molar-refractivity contribution is 0.217. The molecule has 0 spiro atoms. The predicted molar refractivity (Wildman–Crippen MR) is 89.5 cm³/mol. The number of nitrogens with two attached hydrogens (primary N) is 1. The fraction of sp³-hybridized carbons (Fsp3) is 0.200. The van der Waals surface area contributed by atoms with Crippen LogP contribution in [0.2, 0.25) is 10.0 Å². The number of halogens is 3. The maximum atomic E-state index is 6.07. The van der Waals surface area contributed by atoms with Crippen LogP contribution < -0.4 is 15.2 Å². The summed E-state index contributed by atoms with van der Waals surface area (Å²) in [5.74, 6) is 1.30. The molecular formula is C15H14BrCl2NO2. The quantitative estimate of drug-likeness (QED) is 0.575. The van der Waals surface area contributed by atoms with Gasteiger partial charge in [0, 0.05) is 17.1 Å². The van der Waals surface area contributed by atoms with E-state index in [0.29, 0.717) is 35.6 Å². The van der Waals surface area contributed by atoms with E-state index in [9.17, 15) is 0 Å². The smallest absolute Gasteiger partial charge is 0.139 e. The van der Waals surface area contributed by atoms with E-state index in [-0.39, 0.29) is 0 Å². The average molecular weight is 391 g/mol. The highest BCUT2D eigenvalue weighted by molar-refractivity contribution is 9.10. The predicted octanol–water partition coefficient (Wildman–Crippen LogP) is 4.67. The van der Waals surface area contributed by atoms with Crippen LogP contribution in [0.1, 0.15) is 5.56 Å². The molecule has 2 N–H and O–H groups in total. The van der Waals surface area contributed by atoms with Crippen LogP contribution in [-0.2, 0) is 6.54 Å². The van der Waals surface area contributed by atoms with Gasteiger partial charge < -0.3 is 15.2 Å². The third kappa shape index (κ3) is 4.78. The van der Waals surface area contributed by atoms with Crippen molar-refractivity contribution in [2.45, 2.75) is 6.54 Å². The molecule has 0 bridgehead atoms. The van der Waals surface area contributed by atoms with Gasteiger partial charge in [0.25, 0.3) is 0 Å². The highest BCUT2D eigenvalue weighted by Crippen LogP contribution is 2.34. The molecule has 0 fully saturated rings. The first-order valence-corrected chi connectivity index (χ1v) is 7.84. The Labute approximate surface area is 142 Å². The fourth-order valence-electron chi connectivity index (χ4n) is 1.69. The van der Waals surface area contributed by atoms with Crippen molar-refractivity contribution in [3.63, 3.8) is 0 Å². The Morgan fingerprint density at radius 1 is 1.00 bits per heavy atom. The van der Waals surface area contributed by atoms with Gasteiger partial charge in [-0.25, -0.2) is 0 Å². The van der Waals surface area contributed by atoms with Gasteiger partial charge in [-0.2, -0.15) is 0 Å². The van der Waals surface area contributed by atoms with Crippen molar-refractivity contribution in [1.82, 2.24) is 0 Å². The molecule has 0 aliphatic carbocycles. The van der Waals surface area contributed by atoms with E-state index in [0.717, 1.165) is 15.8 Å². The van der Waals surface area contributed by atoms with E-state index in [4.69, 9.17) is 38.4 Å². The van der Waals surface area contributed by atoms with Gasteiger partial charge in [-0.05, 0) is 39.7 Å². The molecule has 0 saturated carbocycles. The molecule has 2 rings (SSSR count). The largest absolute Gasteiger partial charge is 0.490 e. The highest BCUT2D eigenvalue weighted by Gasteiger charge is 2.06. The number of ether oxygens (including phenoxy) is 2. The van der Waals surface area contributed by atoms with Crippen molar-refractivity contribution in [2.75, 3.05) is 13.2 Å². The first-order chi connectivity index (χ1) is 10.1. The van der Waals surface area contributed by atoms with Crippen LogP contribution >= 0.6 is 39.1 Å². The summed E-state index contributed by atoms with van der Waals surface area (Å²) in [6, 6.07) is 11.0. The molecule has 0 radical (unpaired) electrons. The van der Waals surface area contributed by atoms with Crippen molar-refractivity contribution in [3.8, 4) is 11.5 Å². The SMILES string of the molecule is NCc1cccc(OCCOc2cc(Cl)c(Br)cc2Cl)c1. The molecule has 0 saturated heterocycles. The van der Waals surface area contributed by atoms with Crippen molar-refractivity contribution in [1.29, 1.82) is 0 Å². The van der Waals surface area contributed by atoms with E-state index < -0.39 is 0 Å². The first kappa shape index (κ1) is 16.4. The van der Waals surface area contributed by atoms with Crippen LogP contribution in [0.15, 0.2) is 40.9 Å². The number of hydrogen-bond donors (Lipinski definition) is 1. The number of benzene rings is 2. The molecule has 3 nitrogen and oxygen atoms in total. The lowest BCUT2D eigenvalue weighted by atomic mass is 10.2. The maximum Gasteiger partial charge on any atom is 0.139 e. The summed E-state index contributed by atoms with van der Waals surface area (Å²) in [4.78, 5) is 0. The average Bonchev–Trinajstić information content (AvgIpc) is 2.48. The Hall–Kier alpha value is -0.940. The lowest BCUT2D eigenvalue weighted by Gasteiger charge is -2.11. The summed E-state index contributed by atoms with van der Waals surface area (Å²) in [6.07, 6.45) is 0. The van der Waals surface area contributed by atoms with E-state index in [1.54, 1.807) is 12.1 Å². The highest BCUT2D eigenvalue weighted by atomic mass is 79.9. The van der Waals surface area contributed by atoms with Crippen LogP contribution in [0.3, 0.4) is 0 Å². The molecule has 0 heterocycles. The molecule has 2 aromatic carbocycles. The Morgan fingerprint density at radius 2 is 1.76 bits per heavy atom. The third-order valence-electron chi connectivity index (χ3n) is 2.72. The van der Waals surface area contributed by atoms with Crippen molar-refractivity contribution >= 4 is 39.1 Å². The number of rotatable bonds is 6. The van der Waals surface area contributed by atoms with Gasteiger partial charge in [-0.15, -0.1) is 0 Å². The summed E-state index contributed by atoms with van der Waals surface area (Å²) < 4.78 is 11.9. The minimum Gasteiger partial charge on any atom is -0.490 e. The Bertz CT molecular complexity index is 623. The monoisotopic (exact) mass is 389 g/mol. The van der Waals surface area contributed by atoms with E-state index in [1.165, 1.54) is 0 Å². The van der Waals surface area contributed by atoms with E-state index >= 15 is 0 Å². The number of hydrogen-bond acceptors (Lipinski definition) is 3. The van der Waals surface area contributed by atoms with Crippen LogP contribution in [0.25, 0.3) is 0 Å². The van der Waals surface area contributed by atoms with Gasteiger partial charge in [0.15, 0.2) is 0 Å². The standard InChI is InChI=1S/C15H14BrCl2NO2/c16-12-7-14(18)15(8-13(12)17)21-5-4-20-11-3-1-2-10(6-11)9-19/h1-3,6-8H,4-5,9,19H2. The van der Waals surface area contributed by atoms with Crippen LogP contribution in [0.5, 0.6) is 11.5 Å². The molecule has 2 aromatic rings. The first-order valence-electron chi connectivity index (χ1n) is 6.29. The van der Waals surface area contributed by atoms with Gasteiger partial charge in [0.05, 0.1) is 10.0 Å². The van der Waals surface area contributed by atoms with Gasteiger partial charge in [0.1, 0.15) is 24.7 Å². The van der Waals surface area contributed by atoms with Gasteiger partial charge >= 0.3 is 0 Å². The minimum atomic E-state index is 0.366. The van der Waals surface area contributed by atoms with Crippen LogP contribution in [0, 0.1) is 0 Å². The van der Waals surface area contributed by atoms with E-state index in [1.807, 2.05) is 24.3 Å². The second-order valence-electron chi connectivity index (χ2n) is 4.25. The lowest BCUT2D eigenvalue weighted by Crippen LogP contribution is -2.09. The zero-order valence-corrected chi connectivity index (χ0v) is 14.2. The summed E-state index contributed by atoms with van der Waals surface area (Å²) >= 11 is 15.4. The topological polar surface area (TPSA) is 44.5 Å². The summed E-state index contributed by atoms with van der Waals surface area (Å²) in [5, 5.41) is 1.04. The fourth-order valence-corrected chi connectivity index (χ4v) is 2.54. The summed E-state index contributed by atoms with van der Waals surface area (Å²) in [7, 11) is 0. The van der Waals surface area contributed by atoms with Crippen molar-refractivity contribution in [3.05, 3.63) is 56.5 Å². The second kappa shape index (κ2) is 7.90. The Morgan fingerprint density at radius 3 is 2.52 bits per heavy atom. The molecule has 0 aliphatic heterocycles. The normalized spacial score (nSPS) is 10.5. The van der Waals surface area contributed by atoms with Crippen LogP contribution in [0.4, 0.5) is 0 Å². The third-order valence-corrected chi connectivity index (χ3v) is 4.21. The molecule has 112 valence electrons.